The standard InChI is InChI=1S/C15H19N5O/c21-15(13-5-8-16-17-12-13)20-10-2-1-4-14(20)6-11-19-9-3-7-18-19/h3,5,7-9,12,14H,1-2,4,6,10-11H2/t14-/m1/s1. The molecule has 1 atom stereocenters. The van der Waals surface area contributed by atoms with Gasteiger partial charge in [-0.2, -0.15) is 15.3 Å². The van der Waals surface area contributed by atoms with Gasteiger partial charge in [-0.1, -0.05) is 0 Å². The lowest BCUT2D eigenvalue weighted by atomic mass is 9.98. The highest BCUT2D eigenvalue weighted by molar-refractivity contribution is 5.94. The molecule has 1 fully saturated rings. The molecular weight excluding hydrogens is 266 g/mol. The number of hydrogen-bond acceptors (Lipinski definition) is 4. The van der Waals surface area contributed by atoms with E-state index in [2.05, 4.69) is 15.3 Å². The Bertz CT molecular complexity index is 569. The normalized spacial score (nSPS) is 18.7. The SMILES string of the molecule is O=C(c1ccnnc1)N1CCCC[C@@H]1CCn1cccn1. The highest BCUT2D eigenvalue weighted by Gasteiger charge is 2.27. The summed E-state index contributed by atoms with van der Waals surface area (Å²) >= 11 is 0. The smallest absolute Gasteiger partial charge is 0.255 e. The Morgan fingerprint density at radius 3 is 3.00 bits per heavy atom. The highest BCUT2D eigenvalue weighted by atomic mass is 16.2. The van der Waals surface area contributed by atoms with Crippen LogP contribution in [0.25, 0.3) is 0 Å². The molecule has 1 amide bonds. The van der Waals surface area contributed by atoms with Crippen LogP contribution in [0.4, 0.5) is 0 Å². The van der Waals surface area contributed by atoms with Gasteiger partial charge < -0.3 is 4.90 Å². The van der Waals surface area contributed by atoms with Gasteiger partial charge in [-0.15, -0.1) is 0 Å². The van der Waals surface area contributed by atoms with Crippen LogP contribution in [-0.2, 0) is 6.54 Å². The minimum atomic E-state index is 0.0649. The van der Waals surface area contributed by atoms with Crippen molar-refractivity contribution in [1.82, 2.24) is 24.9 Å². The zero-order valence-corrected chi connectivity index (χ0v) is 11.9. The minimum Gasteiger partial charge on any atom is -0.336 e. The molecule has 6 nitrogen and oxygen atoms in total. The van der Waals surface area contributed by atoms with Crippen molar-refractivity contribution in [1.29, 1.82) is 0 Å². The third kappa shape index (κ3) is 3.26. The predicted molar refractivity (Wildman–Crippen MR) is 77.6 cm³/mol. The molecule has 0 radical (unpaired) electrons. The maximum Gasteiger partial charge on any atom is 0.255 e. The molecule has 1 saturated heterocycles. The van der Waals surface area contributed by atoms with Crippen molar-refractivity contribution in [2.75, 3.05) is 6.54 Å². The lowest BCUT2D eigenvalue weighted by Gasteiger charge is -2.35. The van der Waals surface area contributed by atoms with Gasteiger partial charge in [-0.25, -0.2) is 0 Å². The highest BCUT2D eigenvalue weighted by Crippen LogP contribution is 2.22. The summed E-state index contributed by atoms with van der Waals surface area (Å²) in [7, 11) is 0. The first-order valence-corrected chi connectivity index (χ1v) is 7.40. The molecular formula is C15H19N5O. The van der Waals surface area contributed by atoms with Crippen LogP contribution in [0.2, 0.25) is 0 Å². The number of hydrogen-bond donors (Lipinski definition) is 0. The number of aromatic nitrogens is 4. The Kier molecular flexibility index (Phi) is 4.23. The average Bonchev–Trinajstić information content (AvgIpc) is 3.07. The van der Waals surface area contributed by atoms with E-state index in [1.165, 1.54) is 6.42 Å². The van der Waals surface area contributed by atoms with E-state index in [1.807, 2.05) is 21.8 Å². The van der Waals surface area contributed by atoms with Gasteiger partial charge in [0.05, 0.1) is 18.0 Å². The summed E-state index contributed by atoms with van der Waals surface area (Å²) in [5, 5.41) is 11.8. The van der Waals surface area contributed by atoms with Crippen LogP contribution in [0.3, 0.4) is 0 Å². The van der Waals surface area contributed by atoms with Crippen molar-refractivity contribution in [2.45, 2.75) is 38.3 Å². The van der Waals surface area contributed by atoms with Gasteiger partial charge in [-0.3, -0.25) is 9.48 Å². The summed E-state index contributed by atoms with van der Waals surface area (Å²) in [6.07, 6.45) is 11.1. The molecule has 6 heteroatoms. The Morgan fingerprint density at radius 2 is 2.24 bits per heavy atom. The molecule has 1 aliphatic rings. The molecule has 0 N–H and O–H groups in total. The number of nitrogens with zero attached hydrogens (tertiary/aromatic N) is 5. The van der Waals surface area contributed by atoms with E-state index in [4.69, 9.17) is 0 Å². The van der Waals surface area contributed by atoms with E-state index in [9.17, 15) is 4.79 Å². The summed E-state index contributed by atoms with van der Waals surface area (Å²) in [4.78, 5) is 14.6. The molecule has 3 rings (SSSR count). The van der Waals surface area contributed by atoms with Crippen LogP contribution in [0.1, 0.15) is 36.0 Å². The van der Waals surface area contributed by atoms with Gasteiger partial charge in [0, 0.05) is 31.5 Å². The van der Waals surface area contributed by atoms with E-state index in [0.717, 1.165) is 32.4 Å². The maximum absolute atomic E-state index is 12.6. The zero-order valence-electron chi connectivity index (χ0n) is 11.9. The molecule has 1 aliphatic heterocycles. The van der Waals surface area contributed by atoms with Crippen molar-refractivity contribution >= 4 is 5.91 Å². The lowest BCUT2D eigenvalue weighted by molar-refractivity contribution is 0.0593. The predicted octanol–water partition coefficient (Wildman–Crippen LogP) is 1.76. The van der Waals surface area contributed by atoms with Crippen molar-refractivity contribution in [3.05, 3.63) is 42.5 Å². The summed E-state index contributed by atoms with van der Waals surface area (Å²) in [5.74, 6) is 0.0649. The largest absolute Gasteiger partial charge is 0.336 e. The van der Waals surface area contributed by atoms with E-state index in [-0.39, 0.29) is 11.9 Å². The van der Waals surface area contributed by atoms with E-state index >= 15 is 0 Å². The van der Waals surface area contributed by atoms with Gasteiger partial charge in [0.2, 0.25) is 0 Å². The summed E-state index contributed by atoms with van der Waals surface area (Å²) in [6, 6.07) is 3.93. The number of piperidine rings is 1. The third-order valence-corrected chi connectivity index (χ3v) is 3.97. The average molecular weight is 285 g/mol. The van der Waals surface area contributed by atoms with Gasteiger partial charge in [0.1, 0.15) is 0 Å². The van der Waals surface area contributed by atoms with E-state index < -0.39 is 0 Å². The molecule has 21 heavy (non-hydrogen) atoms. The first kappa shape index (κ1) is 13.7. The lowest BCUT2D eigenvalue weighted by Crippen LogP contribution is -2.44. The molecule has 2 aromatic heterocycles. The number of aryl methyl sites for hydroxylation is 1. The molecule has 0 spiro atoms. The van der Waals surface area contributed by atoms with Crippen LogP contribution < -0.4 is 0 Å². The second-order valence-corrected chi connectivity index (χ2v) is 5.34. The Balaban J connectivity index is 1.67. The van der Waals surface area contributed by atoms with Crippen LogP contribution in [0.5, 0.6) is 0 Å². The first-order chi connectivity index (χ1) is 10.3. The summed E-state index contributed by atoms with van der Waals surface area (Å²) < 4.78 is 1.92. The van der Waals surface area contributed by atoms with Crippen LogP contribution in [0.15, 0.2) is 36.9 Å². The van der Waals surface area contributed by atoms with Gasteiger partial charge in [0.25, 0.3) is 5.91 Å². The number of rotatable bonds is 4. The number of carbonyl (C=O) groups excluding carboxylic acids is 1. The number of carbonyl (C=O) groups is 1. The van der Waals surface area contributed by atoms with Crippen molar-refractivity contribution in [3.63, 3.8) is 0 Å². The van der Waals surface area contributed by atoms with Crippen molar-refractivity contribution < 1.29 is 4.79 Å². The summed E-state index contributed by atoms with van der Waals surface area (Å²) in [6.45, 7) is 1.67. The molecule has 0 aromatic carbocycles. The molecule has 3 heterocycles. The van der Waals surface area contributed by atoms with Crippen LogP contribution in [0, 0.1) is 0 Å². The van der Waals surface area contributed by atoms with Crippen LogP contribution in [-0.4, -0.2) is 43.4 Å². The van der Waals surface area contributed by atoms with Crippen molar-refractivity contribution in [2.24, 2.45) is 0 Å². The molecule has 0 aliphatic carbocycles. The maximum atomic E-state index is 12.6. The number of amides is 1. The van der Waals surface area contributed by atoms with Gasteiger partial charge >= 0.3 is 0 Å². The second-order valence-electron chi connectivity index (χ2n) is 5.34. The van der Waals surface area contributed by atoms with E-state index in [0.29, 0.717) is 5.56 Å². The molecule has 0 saturated carbocycles. The topological polar surface area (TPSA) is 63.9 Å². The zero-order chi connectivity index (χ0) is 14.5. The quantitative estimate of drug-likeness (QED) is 0.858. The third-order valence-electron chi connectivity index (χ3n) is 3.97. The number of likely N-dealkylation sites (tertiary alicyclic amines) is 1. The fraction of sp³-hybridized carbons (Fsp3) is 0.467. The Labute approximate surface area is 123 Å². The molecule has 0 unspecified atom stereocenters. The molecule has 2 aromatic rings. The fourth-order valence-electron chi connectivity index (χ4n) is 2.87. The van der Waals surface area contributed by atoms with Crippen LogP contribution >= 0.6 is 0 Å². The van der Waals surface area contributed by atoms with Crippen molar-refractivity contribution in [3.8, 4) is 0 Å². The van der Waals surface area contributed by atoms with Gasteiger partial charge in [0.15, 0.2) is 0 Å². The first-order valence-electron chi connectivity index (χ1n) is 7.40. The minimum absolute atomic E-state index is 0.0649. The monoisotopic (exact) mass is 285 g/mol. The Hall–Kier alpha value is -2.24. The second kappa shape index (κ2) is 6.47. The van der Waals surface area contributed by atoms with Gasteiger partial charge in [-0.05, 0) is 37.8 Å². The fourth-order valence-corrected chi connectivity index (χ4v) is 2.87. The Morgan fingerprint density at radius 1 is 1.29 bits per heavy atom. The molecule has 0 bridgehead atoms. The molecule has 110 valence electrons. The van der Waals surface area contributed by atoms with E-state index in [1.54, 1.807) is 24.7 Å². The summed E-state index contributed by atoms with van der Waals surface area (Å²) in [5.41, 5.74) is 0.621.